The monoisotopic (exact) mass is 279 g/mol. The van der Waals surface area contributed by atoms with Crippen molar-refractivity contribution in [2.75, 3.05) is 33.2 Å². The number of hydrogen-bond donors (Lipinski definition) is 1. The molecule has 116 valence electrons. The minimum atomic E-state index is 0.314. The Bertz CT molecular complexity index is 313. The molecule has 20 heavy (non-hydrogen) atoms. The number of hydrogen-bond acceptors (Lipinski definition) is 3. The van der Waals surface area contributed by atoms with Crippen molar-refractivity contribution < 1.29 is 0 Å². The second kappa shape index (κ2) is 6.33. The summed E-state index contributed by atoms with van der Waals surface area (Å²) in [6, 6.07) is 0.851. The SMILES string of the molecule is CN1CCCC(CN)(N2CCCC2C2CCCC2)CC1. The molecule has 0 aromatic carbocycles. The predicted molar refractivity (Wildman–Crippen MR) is 84.8 cm³/mol. The van der Waals surface area contributed by atoms with Gasteiger partial charge in [0.25, 0.3) is 0 Å². The molecular formula is C17H33N3. The van der Waals surface area contributed by atoms with Crippen LogP contribution in [0, 0.1) is 5.92 Å². The number of nitrogens with two attached hydrogens (primary N) is 1. The van der Waals surface area contributed by atoms with Gasteiger partial charge in [-0.2, -0.15) is 0 Å². The first-order valence-electron chi connectivity index (χ1n) is 8.90. The van der Waals surface area contributed by atoms with Crippen molar-refractivity contribution in [1.82, 2.24) is 9.80 Å². The third-order valence-corrected chi connectivity index (χ3v) is 6.37. The highest BCUT2D eigenvalue weighted by molar-refractivity contribution is 5.01. The zero-order valence-corrected chi connectivity index (χ0v) is 13.3. The molecule has 2 atom stereocenters. The number of likely N-dealkylation sites (tertiary alicyclic amines) is 2. The van der Waals surface area contributed by atoms with E-state index in [1.54, 1.807) is 0 Å². The summed E-state index contributed by atoms with van der Waals surface area (Å²) >= 11 is 0. The van der Waals surface area contributed by atoms with E-state index >= 15 is 0 Å². The van der Waals surface area contributed by atoms with Crippen LogP contribution in [0.4, 0.5) is 0 Å². The van der Waals surface area contributed by atoms with E-state index in [1.807, 2.05) is 0 Å². The zero-order valence-electron chi connectivity index (χ0n) is 13.3. The second-order valence-electron chi connectivity index (χ2n) is 7.53. The average Bonchev–Trinajstić information content (AvgIpc) is 3.10. The fourth-order valence-corrected chi connectivity index (χ4v) is 5.14. The van der Waals surface area contributed by atoms with Gasteiger partial charge in [0.05, 0.1) is 0 Å². The molecular weight excluding hydrogens is 246 g/mol. The Morgan fingerprint density at radius 1 is 0.950 bits per heavy atom. The minimum Gasteiger partial charge on any atom is -0.329 e. The molecule has 0 radical (unpaired) electrons. The Balaban J connectivity index is 1.76. The van der Waals surface area contributed by atoms with E-state index in [0.717, 1.165) is 18.5 Å². The molecule has 3 nitrogen and oxygen atoms in total. The van der Waals surface area contributed by atoms with Crippen molar-refractivity contribution in [3.05, 3.63) is 0 Å². The van der Waals surface area contributed by atoms with Crippen molar-refractivity contribution in [1.29, 1.82) is 0 Å². The maximum Gasteiger partial charge on any atom is 0.0347 e. The molecule has 2 N–H and O–H groups in total. The van der Waals surface area contributed by atoms with Crippen molar-refractivity contribution >= 4 is 0 Å². The third kappa shape index (κ3) is 2.77. The van der Waals surface area contributed by atoms with Gasteiger partial charge in [0.15, 0.2) is 0 Å². The molecule has 3 rings (SSSR count). The highest BCUT2D eigenvalue weighted by atomic mass is 15.3. The minimum absolute atomic E-state index is 0.314. The summed E-state index contributed by atoms with van der Waals surface area (Å²) in [6.45, 7) is 4.65. The van der Waals surface area contributed by atoms with Gasteiger partial charge >= 0.3 is 0 Å². The summed E-state index contributed by atoms with van der Waals surface area (Å²) in [4.78, 5) is 5.39. The average molecular weight is 279 g/mol. The van der Waals surface area contributed by atoms with Crippen LogP contribution >= 0.6 is 0 Å². The molecule has 3 heteroatoms. The quantitative estimate of drug-likeness (QED) is 0.861. The van der Waals surface area contributed by atoms with Crippen LogP contribution in [0.3, 0.4) is 0 Å². The normalized spacial score (nSPS) is 38.4. The van der Waals surface area contributed by atoms with Crippen molar-refractivity contribution in [2.24, 2.45) is 11.7 Å². The molecule has 3 fully saturated rings. The largest absolute Gasteiger partial charge is 0.329 e. The molecule has 0 spiro atoms. The molecule has 0 aromatic heterocycles. The standard InChI is InChI=1S/C17H33N3/c1-19-11-5-9-17(14-18,10-13-19)20-12-4-8-16(20)15-6-2-3-7-15/h15-16H,2-14,18H2,1H3. The van der Waals surface area contributed by atoms with Crippen molar-refractivity contribution in [3.8, 4) is 0 Å². The maximum absolute atomic E-state index is 6.33. The fraction of sp³-hybridized carbons (Fsp3) is 1.00. The van der Waals surface area contributed by atoms with Crippen LogP contribution in [0.25, 0.3) is 0 Å². The highest BCUT2D eigenvalue weighted by Crippen LogP contribution is 2.41. The van der Waals surface area contributed by atoms with Gasteiger partial charge < -0.3 is 10.6 Å². The van der Waals surface area contributed by atoms with Crippen LogP contribution < -0.4 is 5.73 Å². The first kappa shape index (κ1) is 14.8. The fourth-order valence-electron chi connectivity index (χ4n) is 5.14. The first-order valence-corrected chi connectivity index (χ1v) is 8.90. The van der Waals surface area contributed by atoms with Crippen LogP contribution in [-0.2, 0) is 0 Å². The third-order valence-electron chi connectivity index (χ3n) is 6.37. The van der Waals surface area contributed by atoms with E-state index in [2.05, 4.69) is 16.8 Å². The molecule has 2 aliphatic heterocycles. The van der Waals surface area contributed by atoms with Gasteiger partial charge in [0, 0.05) is 18.1 Å². The Morgan fingerprint density at radius 3 is 2.50 bits per heavy atom. The van der Waals surface area contributed by atoms with Crippen LogP contribution in [0.15, 0.2) is 0 Å². The summed E-state index contributed by atoms with van der Waals surface area (Å²) < 4.78 is 0. The lowest BCUT2D eigenvalue weighted by molar-refractivity contribution is 0.0420. The molecule has 1 saturated carbocycles. The Labute approximate surface area is 124 Å². The Hall–Kier alpha value is -0.120. The lowest BCUT2D eigenvalue weighted by Gasteiger charge is -2.46. The zero-order chi connectivity index (χ0) is 14.0. The lowest BCUT2D eigenvalue weighted by Crippen LogP contribution is -2.57. The van der Waals surface area contributed by atoms with Gasteiger partial charge in [-0.3, -0.25) is 4.90 Å². The topological polar surface area (TPSA) is 32.5 Å². The highest BCUT2D eigenvalue weighted by Gasteiger charge is 2.44. The molecule has 2 heterocycles. The summed E-state index contributed by atoms with van der Waals surface area (Å²) in [5.41, 5.74) is 6.65. The van der Waals surface area contributed by atoms with E-state index in [-0.39, 0.29) is 0 Å². The van der Waals surface area contributed by atoms with Gasteiger partial charge in [0.2, 0.25) is 0 Å². The summed E-state index contributed by atoms with van der Waals surface area (Å²) in [5.74, 6) is 0.974. The van der Waals surface area contributed by atoms with Gasteiger partial charge in [-0.1, -0.05) is 12.8 Å². The van der Waals surface area contributed by atoms with E-state index in [9.17, 15) is 0 Å². The Morgan fingerprint density at radius 2 is 1.75 bits per heavy atom. The van der Waals surface area contributed by atoms with Gasteiger partial charge in [-0.25, -0.2) is 0 Å². The molecule has 2 saturated heterocycles. The molecule has 3 aliphatic rings. The summed E-state index contributed by atoms with van der Waals surface area (Å²) in [6.07, 6.45) is 12.6. The van der Waals surface area contributed by atoms with E-state index in [0.29, 0.717) is 5.54 Å². The number of rotatable bonds is 3. The molecule has 0 amide bonds. The van der Waals surface area contributed by atoms with E-state index < -0.39 is 0 Å². The van der Waals surface area contributed by atoms with Crippen LogP contribution in [-0.4, -0.2) is 54.6 Å². The van der Waals surface area contributed by atoms with Crippen LogP contribution in [0.1, 0.15) is 57.8 Å². The van der Waals surface area contributed by atoms with E-state index in [4.69, 9.17) is 5.73 Å². The van der Waals surface area contributed by atoms with E-state index in [1.165, 1.54) is 77.4 Å². The van der Waals surface area contributed by atoms with Crippen LogP contribution in [0.2, 0.25) is 0 Å². The molecule has 2 unspecified atom stereocenters. The predicted octanol–water partition coefficient (Wildman–Crippen LogP) is 2.45. The molecule has 0 bridgehead atoms. The van der Waals surface area contributed by atoms with Crippen molar-refractivity contribution in [3.63, 3.8) is 0 Å². The summed E-state index contributed by atoms with van der Waals surface area (Å²) in [5, 5.41) is 0. The van der Waals surface area contributed by atoms with Gasteiger partial charge in [-0.15, -0.1) is 0 Å². The summed E-state index contributed by atoms with van der Waals surface area (Å²) in [7, 11) is 2.27. The molecule has 0 aromatic rings. The van der Waals surface area contributed by atoms with Gasteiger partial charge in [-0.05, 0) is 77.5 Å². The van der Waals surface area contributed by atoms with Gasteiger partial charge in [0.1, 0.15) is 0 Å². The maximum atomic E-state index is 6.33. The van der Waals surface area contributed by atoms with Crippen molar-refractivity contribution in [2.45, 2.75) is 69.4 Å². The number of nitrogens with zero attached hydrogens (tertiary/aromatic N) is 2. The smallest absolute Gasteiger partial charge is 0.0347 e. The molecule has 1 aliphatic carbocycles. The van der Waals surface area contributed by atoms with Crippen LogP contribution in [0.5, 0.6) is 0 Å². The Kier molecular flexibility index (Phi) is 4.68. The first-order chi connectivity index (χ1) is 9.75. The lowest BCUT2D eigenvalue weighted by atomic mass is 9.85. The second-order valence-corrected chi connectivity index (χ2v) is 7.53.